The van der Waals surface area contributed by atoms with Gasteiger partial charge < -0.3 is 11.1 Å². The van der Waals surface area contributed by atoms with Gasteiger partial charge in [-0.1, -0.05) is 19.8 Å². The molecule has 1 aromatic heterocycles. The van der Waals surface area contributed by atoms with E-state index in [-0.39, 0.29) is 5.91 Å². The molecule has 3 N–H and O–H groups in total. The zero-order valence-electron chi connectivity index (χ0n) is 11.6. The SMILES string of the molecule is CCCC(CCN)CCC(=O)NCc1ccncn1. The number of aromatic nitrogens is 2. The smallest absolute Gasteiger partial charge is 0.220 e. The summed E-state index contributed by atoms with van der Waals surface area (Å²) in [7, 11) is 0. The Morgan fingerprint density at radius 2 is 2.26 bits per heavy atom. The molecule has 19 heavy (non-hydrogen) atoms. The molecule has 0 saturated heterocycles. The van der Waals surface area contributed by atoms with Crippen molar-refractivity contribution in [2.75, 3.05) is 6.54 Å². The highest BCUT2D eigenvalue weighted by atomic mass is 16.1. The summed E-state index contributed by atoms with van der Waals surface area (Å²) in [5, 5.41) is 2.88. The van der Waals surface area contributed by atoms with Crippen molar-refractivity contribution in [2.24, 2.45) is 11.7 Å². The van der Waals surface area contributed by atoms with Crippen molar-refractivity contribution in [1.82, 2.24) is 15.3 Å². The molecule has 1 heterocycles. The first-order valence-corrected chi connectivity index (χ1v) is 6.98. The van der Waals surface area contributed by atoms with Crippen molar-refractivity contribution >= 4 is 5.91 Å². The molecule has 1 aromatic rings. The monoisotopic (exact) mass is 264 g/mol. The van der Waals surface area contributed by atoms with Crippen molar-refractivity contribution < 1.29 is 4.79 Å². The van der Waals surface area contributed by atoms with Crippen LogP contribution in [-0.4, -0.2) is 22.4 Å². The minimum atomic E-state index is 0.0803. The van der Waals surface area contributed by atoms with Gasteiger partial charge in [-0.2, -0.15) is 0 Å². The van der Waals surface area contributed by atoms with Gasteiger partial charge in [0.05, 0.1) is 12.2 Å². The van der Waals surface area contributed by atoms with Gasteiger partial charge in [-0.3, -0.25) is 4.79 Å². The van der Waals surface area contributed by atoms with Crippen LogP contribution in [0.1, 0.15) is 44.7 Å². The summed E-state index contributed by atoms with van der Waals surface area (Å²) in [4.78, 5) is 19.6. The summed E-state index contributed by atoms with van der Waals surface area (Å²) in [5.41, 5.74) is 6.42. The molecule has 0 aliphatic rings. The quantitative estimate of drug-likeness (QED) is 0.710. The fraction of sp³-hybridized carbons (Fsp3) is 0.643. The van der Waals surface area contributed by atoms with Crippen molar-refractivity contribution in [3.05, 3.63) is 24.3 Å². The van der Waals surface area contributed by atoms with Crippen molar-refractivity contribution in [2.45, 2.75) is 45.6 Å². The van der Waals surface area contributed by atoms with Crippen molar-refractivity contribution in [3.8, 4) is 0 Å². The highest BCUT2D eigenvalue weighted by Gasteiger charge is 2.10. The molecule has 1 rings (SSSR count). The van der Waals surface area contributed by atoms with Gasteiger partial charge in [-0.15, -0.1) is 0 Å². The summed E-state index contributed by atoms with van der Waals surface area (Å²) in [5.74, 6) is 0.650. The molecule has 0 bridgehead atoms. The van der Waals surface area contributed by atoms with Gasteiger partial charge in [-0.05, 0) is 31.4 Å². The number of nitrogens with two attached hydrogens (primary N) is 1. The van der Waals surface area contributed by atoms with Crippen LogP contribution in [0.5, 0.6) is 0 Å². The van der Waals surface area contributed by atoms with E-state index >= 15 is 0 Å². The van der Waals surface area contributed by atoms with Crippen LogP contribution in [-0.2, 0) is 11.3 Å². The topological polar surface area (TPSA) is 80.9 Å². The van der Waals surface area contributed by atoms with Crippen molar-refractivity contribution in [1.29, 1.82) is 0 Å². The highest BCUT2D eigenvalue weighted by Crippen LogP contribution is 2.16. The molecule has 1 amide bonds. The van der Waals surface area contributed by atoms with Crippen LogP contribution in [0, 0.1) is 5.92 Å². The van der Waals surface area contributed by atoms with Gasteiger partial charge in [0, 0.05) is 12.6 Å². The van der Waals surface area contributed by atoms with E-state index in [1.807, 2.05) is 0 Å². The minimum absolute atomic E-state index is 0.0803. The molecular formula is C14H24N4O. The van der Waals surface area contributed by atoms with Crippen LogP contribution in [0.4, 0.5) is 0 Å². The van der Waals surface area contributed by atoms with Crippen LogP contribution in [0.25, 0.3) is 0 Å². The summed E-state index contributed by atoms with van der Waals surface area (Å²) in [6.45, 7) is 3.34. The molecule has 1 atom stereocenters. The van der Waals surface area contributed by atoms with Crippen LogP contribution in [0.15, 0.2) is 18.6 Å². The number of rotatable bonds is 9. The normalized spacial score (nSPS) is 12.1. The molecule has 0 saturated carbocycles. The third-order valence-corrected chi connectivity index (χ3v) is 3.16. The van der Waals surface area contributed by atoms with Crippen LogP contribution in [0.3, 0.4) is 0 Å². The van der Waals surface area contributed by atoms with E-state index in [4.69, 9.17) is 5.73 Å². The average Bonchev–Trinajstić information content (AvgIpc) is 2.44. The highest BCUT2D eigenvalue weighted by molar-refractivity contribution is 5.75. The number of amides is 1. The molecular weight excluding hydrogens is 240 g/mol. The average molecular weight is 264 g/mol. The van der Waals surface area contributed by atoms with E-state index in [0.29, 0.717) is 25.4 Å². The Labute approximate surface area is 115 Å². The number of carbonyl (C=O) groups is 1. The first kappa shape index (κ1) is 15.6. The Morgan fingerprint density at radius 3 is 2.89 bits per heavy atom. The molecule has 0 aliphatic heterocycles. The molecule has 0 radical (unpaired) electrons. The molecule has 0 spiro atoms. The van der Waals surface area contributed by atoms with E-state index in [9.17, 15) is 4.79 Å². The second kappa shape index (κ2) is 9.44. The Bertz CT molecular complexity index is 350. The van der Waals surface area contributed by atoms with Gasteiger partial charge in [0.2, 0.25) is 5.91 Å². The summed E-state index contributed by atoms with van der Waals surface area (Å²) < 4.78 is 0. The van der Waals surface area contributed by atoms with E-state index in [0.717, 1.165) is 31.4 Å². The maximum Gasteiger partial charge on any atom is 0.220 e. The van der Waals surface area contributed by atoms with E-state index in [1.165, 1.54) is 6.33 Å². The lowest BCUT2D eigenvalue weighted by molar-refractivity contribution is -0.121. The third-order valence-electron chi connectivity index (χ3n) is 3.16. The lowest BCUT2D eigenvalue weighted by Gasteiger charge is -2.14. The van der Waals surface area contributed by atoms with Crippen LogP contribution in [0.2, 0.25) is 0 Å². The first-order valence-electron chi connectivity index (χ1n) is 6.98. The Balaban J connectivity index is 2.23. The van der Waals surface area contributed by atoms with E-state index < -0.39 is 0 Å². The number of carbonyl (C=O) groups excluding carboxylic acids is 1. The summed E-state index contributed by atoms with van der Waals surface area (Å²) >= 11 is 0. The minimum Gasteiger partial charge on any atom is -0.350 e. The molecule has 0 aromatic carbocycles. The first-order chi connectivity index (χ1) is 9.26. The standard InChI is InChI=1S/C14H24N4O/c1-2-3-12(6-8-15)4-5-14(19)17-10-13-7-9-16-11-18-13/h7,9,11-12H,2-6,8,10,15H2,1H3,(H,17,19). The molecule has 0 fully saturated rings. The largest absolute Gasteiger partial charge is 0.350 e. The van der Waals surface area contributed by atoms with E-state index in [2.05, 4.69) is 22.2 Å². The lowest BCUT2D eigenvalue weighted by Crippen LogP contribution is -2.24. The van der Waals surface area contributed by atoms with Gasteiger partial charge in [0.1, 0.15) is 6.33 Å². The summed E-state index contributed by atoms with van der Waals surface area (Å²) in [6.07, 6.45) is 7.94. The third kappa shape index (κ3) is 6.86. The molecule has 1 unspecified atom stereocenters. The van der Waals surface area contributed by atoms with Crippen molar-refractivity contribution in [3.63, 3.8) is 0 Å². The Hall–Kier alpha value is -1.49. The van der Waals surface area contributed by atoms with Gasteiger partial charge in [0.25, 0.3) is 0 Å². The molecule has 0 aliphatic carbocycles. The van der Waals surface area contributed by atoms with Gasteiger partial charge >= 0.3 is 0 Å². The number of hydrogen-bond acceptors (Lipinski definition) is 4. The van der Waals surface area contributed by atoms with Gasteiger partial charge in [0.15, 0.2) is 0 Å². The molecule has 106 valence electrons. The number of nitrogens with one attached hydrogen (secondary N) is 1. The maximum absolute atomic E-state index is 11.7. The van der Waals surface area contributed by atoms with Gasteiger partial charge in [-0.25, -0.2) is 9.97 Å². The van der Waals surface area contributed by atoms with E-state index in [1.54, 1.807) is 12.3 Å². The van der Waals surface area contributed by atoms with Crippen LogP contribution >= 0.6 is 0 Å². The summed E-state index contributed by atoms with van der Waals surface area (Å²) in [6, 6.07) is 1.80. The Morgan fingerprint density at radius 1 is 1.42 bits per heavy atom. The lowest BCUT2D eigenvalue weighted by atomic mass is 9.94. The predicted molar refractivity (Wildman–Crippen MR) is 75.2 cm³/mol. The number of hydrogen-bond donors (Lipinski definition) is 2. The fourth-order valence-corrected chi connectivity index (χ4v) is 2.11. The second-order valence-corrected chi connectivity index (χ2v) is 4.75. The van der Waals surface area contributed by atoms with Crippen LogP contribution < -0.4 is 11.1 Å². The predicted octanol–water partition coefficient (Wildman–Crippen LogP) is 1.64. The maximum atomic E-state index is 11.7. The fourth-order valence-electron chi connectivity index (χ4n) is 2.11. The second-order valence-electron chi connectivity index (χ2n) is 4.75. The number of nitrogens with zero attached hydrogens (tertiary/aromatic N) is 2. The molecule has 5 heteroatoms. The zero-order chi connectivity index (χ0) is 13.9. The molecule has 5 nitrogen and oxygen atoms in total. The zero-order valence-corrected chi connectivity index (χ0v) is 11.6. The Kier molecular flexibility index (Phi) is 7.74.